The molecule has 1 aromatic heterocycles. The third kappa shape index (κ3) is 2.11. The van der Waals surface area contributed by atoms with Crippen molar-refractivity contribution in [2.45, 2.75) is 12.8 Å². The molecule has 0 spiro atoms. The van der Waals surface area contributed by atoms with E-state index in [4.69, 9.17) is 10.3 Å². The van der Waals surface area contributed by atoms with Crippen LogP contribution in [0.3, 0.4) is 0 Å². The molecule has 4 nitrogen and oxygen atoms in total. The van der Waals surface area contributed by atoms with Crippen molar-refractivity contribution in [3.05, 3.63) is 48.3 Å². The third-order valence-corrected chi connectivity index (χ3v) is 3.26. The van der Waals surface area contributed by atoms with Gasteiger partial charge in [0.05, 0.1) is 0 Å². The number of hydrogen-bond acceptors (Lipinski definition) is 4. The molecule has 3 aromatic rings. The fourth-order valence-electron chi connectivity index (χ4n) is 2.06. The predicted molar refractivity (Wildman–Crippen MR) is 74.7 cm³/mol. The minimum Gasteiger partial charge on any atom is -0.334 e. The Morgan fingerprint density at radius 3 is 2.79 bits per heavy atom. The average molecular weight is 253 g/mol. The second-order valence-electron chi connectivity index (χ2n) is 4.62. The van der Waals surface area contributed by atoms with Crippen LogP contribution in [0.5, 0.6) is 0 Å². The summed E-state index contributed by atoms with van der Waals surface area (Å²) in [6.45, 7) is 2.49. The molecule has 0 aliphatic heterocycles. The summed E-state index contributed by atoms with van der Waals surface area (Å²) in [7, 11) is 0. The summed E-state index contributed by atoms with van der Waals surface area (Å²) in [6.07, 6.45) is 0. The van der Waals surface area contributed by atoms with Gasteiger partial charge < -0.3 is 10.3 Å². The molecule has 0 aliphatic carbocycles. The lowest BCUT2D eigenvalue weighted by Crippen LogP contribution is -2.10. The Morgan fingerprint density at radius 1 is 1.16 bits per heavy atom. The highest BCUT2D eigenvalue weighted by atomic mass is 16.5. The Bertz CT molecular complexity index is 700. The van der Waals surface area contributed by atoms with Crippen LogP contribution in [0, 0.1) is 0 Å². The first-order chi connectivity index (χ1) is 9.29. The summed E-state index contributed by atoms with van der Waals surface area (Å²) in [6, 6.07) is 14.2. The van der Waals surface area contributed by atoms with Crippen LogP contribution in [-0.4, -0.2) is 16.7 Å². The van der Waals surface area contributed by atoms with E-state index in [9.17, 15) is 0 Å². The van der Waals surface area contributed by atoms with Crippen molar-refractivity contribution < 1.29 is 4.52 Å². The average Bonchev–Trinajstić information content (AvgIpc) is 2.95. The monoisotopic (exact) mass is 253 g/mol. The van der Waals surface area contributed by atoms with Crippen LogP contribution in [0.15, 0.2) is 47.0 Å². The predicted octanol–water partition coefficient (Wildman–Crippen LogP) is 2.95. The number of hydrogen-bond donors (Lipinski definition) is 1. The van der Waals surface area contributed by atoms with Gasteiger partial charge in [0.1, 0.15) is 0 Å². The first kappa shape index (κ1) is 11.9. The van der Waals surface area contributed by atoms with Crippen molar-refractivity contribution in [3.63, 3.8) is 0 Å². The molecule has 19 heavy (non-hydrogen) atoms. The molecule has 4 heteroatoms. The molecule has 0 aliphatic rings. The maximum absolute atomic E-state index is 5.62. The number of rotatable bonds is 3. The van der Waals surface area contributed by atoms with Crippen molar-refractivity contribution in [1.82, 2.24) is 10.1 Å². The number of aromatic nitrogens is 2. The maximum Gasteiger partial charge on any atom is 0.258 e. The molecule has 2 N–H and O–H groups in total. The third-order valence-electron chi connectivity index (χ3n) is 3.26. The highest BCUT2D eigenvalue weighted by molar-refractivity contribution is 5.94. The van der Waals surface area contributed by atoms with Gasteiger partial charge in [-0.15, -0.1) is 0 Å². The highest BCUT2D eigenvalue weighted by Crippen LogP contribution is 2.27. The molecule has 2 aromatic carbocycles. The van der Waals surface area contributed by atoms with Gasteiger partial charge in [-0.3, -0.25) is 0 Å². The smallest absolute Gasteiger partial charge is 0.258 e. The molecule has 1 unspecified atom stereocenters. The van der Waals surface area contributed by atoms with E-state index < -0.39 is 0 Å². The van der Waals surface area contributed by atoms with Crippen molar-refractivity contribution in [1.29, 1.82) is 0 Å². The van der Waals surface area contributed by atoms with Gasteiger partial charge in [-0.25, -0.2) is 0 Å². The highest BCUT2D eigenvalue weighted by Gasteiger charge is 2.15. The molecule has 0 saturated carbocycles. The number of nitrogens with zero attached hydrogens (tertiary/aromatic N) is 2. The quantitative estimate of drug-likeness (QED) is 0.779. The molecule has 3 rings (SSSR count). The summed E-state index contributed by atoms with van der Waals surface area (Å²) >= 11 is 0. The van der Waals surface area contributed by atoms with Crippen LogP contribution in [0.25, 0.3) is 22.2 Å². The Kier molecular flexibility index (Phi) is 3.01. The van der Waals surface area contributed by atoms with Crippen LogP contribution >= 0.6 is 0 Å². The molecular formula is C15H15N3O. The fourth-order valence-corrected chi connectivity index (χ4v) is 2.06. The Morgan fingerprint density at radius 2 is 1.95 bits per heavy atom. The zero-order chi connectivity index (χ0) is 13.2. The lowest BCUT2D eigenvalue weighted by atomic mass is 10.0. The molecule has 1 atom stereocenters. The summed E-state index contributed by atoms with van der Waals surface area (Å²) in [5, 5.41) is 6.27. The Balaban J connectivity index is 2.12. The van der Waals surface area contributed by atoms with E-state index in [0.717, 1.165) is 16.3 Å². The number of nitrogens with two attached hydrogens (primary N) is 1. The molecule has 96 valence electrons. The lowest BCUT2D eigenvalue weighted by Gasteiger charge is -2.02. The van der Waals surface area contributed by atoms with Gasteiger partial charge in [0.2, 0.25) is 0 Å². The summed E-state index contributed by atoms with van der Waals surface area (Å²) in [5.41, 5.74) is 6.58. The summed E-state index contributed by atoms with van der Waals surface area (Å²) in [4.78, 5) is 4.44. The van der Waals surface area contributed by atoms with Crippen LogP contribution < -0.4 is 5.73 Å². The van der Waals surface area contributed by atoms with Gasteiger partial charge in [0.25, 0.3) is 5.89 Å². The molecule has 0 amide bonds. The van der Waals surface area contributed by atoms with E-state index in [1.165, 1.54) is 0 Å². The van der Waals surface area contributed by atoms with Gasteiger partial charge in [0.15, 0.2) is 5.82 Å². The zero-order valence-corrected chi connectivity index (χ0v) is 10.7. The Labute approximate surface area is 111 Å². The minimum atomic E-state index is 0.104. The van der Waals surface area contributed by atoms with E-state index in [0.29, 0.717) is 18.3 Å². The molecule has 0 fully saturated rings. The molecule has 0 bridgehead atoms. The molecule has 0 radical (unpaired) electrons. The van der Waals surface area contributed by atoms with Gasteiger partial charge in [-0.1, -0.05) is 48.5 Å². The first-order valence-electron chi connectivity index (χ1n) is 6.31. The number of benzene rings is 2. The van der Waals surface area contributed by atoms with Gasteiger partial charge >= 0.3 is 0 Å². The largest absolute Gasteiger partial charge is 0.334 e. The first-order valence-corrected chi connectivity index (χ1v) is 6.31. The lowest BCUT2D eigenvalue weighted by molar-refractivity contribution is 0.418. The zero-order valence-electron chi connectivity index (χ0n) is 10.7. The standard InChI is InChI=1S/C15H15N3O/c1-10(9-16)14-17-15(19-18-14)13-8-4-6-11-5-2-3-7-12(11)13/h2-8,10H,9,16H2,1H3. The normalized spacial score (nSPS) is 12.7. The molecular weight excluding hydrogens is 238 g/mol. The van der Waals surface area contributed by atoms with E-state index >= 15 is 0 Å². The van der Waals surface area contributed by atoms with Crippen molar-refractivity contribution >= 4 is 10.8 Å². The van der Waals surface area contributed by atoms with Gasteiger partial charge in [-0.05, 0) is 16.8 Å². The Hall–Kier alpha value is -2.20. The van der Waals surface area contributed by atoms with E-state index in [2.05, 4.69) is 28.3 Å². The number of fused-ring (bicyclic) bond motifs is 1. The van der Waals surface area contributed by atoms with Crippen LogP contribution in [0.4, 0.5) is 0 Å². The second-order valence-corrected chi connectivity index (χ2v) is 4.62. The van der Waals surface area contributed by atoms with E-state index in [-0.39, 0.29) is 5.92 Å². The fraction of sp³-hybridized carbons (Fsp3) is 0.200. The van der Waals surface area contributed by atoms with Crippen molar-refractivity contribution in [2.75, 3.05) is 6.54 Å². The SMILES string of the molecule is CC(CN)c1noc(-c2cccc3ccccc23)n1. The van der Waals surface area contributed by atoms with Crippen LogP contribution in [-0.2, 0) is 0 Å². The van der Waals surface area contributed by atoms with Crippen LogP contribution in [0.2, 0.25) is 0 Å². The minimum absolute atomic E-state index is 0.104. The van der Waals surface area contributed by atoms with Gasteiger partial charge in [0, 0.05) is 18.0 Å². The summed E-state index contributed by atoms with van der Waals surface area (Å²) in [5.74, 6) is 1.31. The maximum atomic E-state index is 5.62. The van der Waals surface area contributed by atoms with Gasteiger partial charge in [-0.2, -0.15) is 4.98 Å². The van der Waals surface area contributed by atoms with Crippen molar-refractivity contribution in [3.8, 4) is 11.5 Å². The molecule has 0 saturated heterocycles. The topological polar surface area (TPSA) is 64.9 Å². The molecule has 1 heterocycles. The van der Waals surface area contributed by atoms with E-state index in [1.807, 2.05) is 31.2 Å². The second kappa shape index (κ2) is 4.82. The summed E-state index contributed by atoms with van der Waals surface area (Å²) < 4.78 is 5.37. The van der Waals surface area contributed by atoms with Crippen LogP contribution in [0.1, 0.15) is 18.7 Å². The van der Waals surface area contributed by atoms with E-state index in [1.54, 1.807) is 0 Å². The van der Waals surface area contributed by atoms with Crippen molar-refractivity contribution in [2.24, 2.45) is 5.73 Å².